The van der Waals surface area contributed by atoms with Gasteiger partial charge in [-0.25, -0.2) is 0 Å². The Morgan fingerprint density at radius 3 is 2.21 bits per heavy atom. The van der Waals surface area contributed by atoms with E-state index >= 15 is 0 Å². The molecule has 0 N–H and O–H groups in total. The highest BCUT2D eigenvalue weighted by Gasteiger charge is 2.13. The summed E-state index contributed by atoms with van der Waals surface area (Å²) >= 11 is 0. The number of hydrogen-bond donors (Lipinski definition) is 0. The van der Waals surface area contributed by atoms with E-state index in [0.29, 0.717) is 19.0 Å². The molecule has 0 aromatic carbocycles. The van der Waals surface area contributed by atoms with Crippen molar-refractivity contribution in [2.75, 3.05) is 6.61 Å². The molecule has 14 heavy (non-hydrogen) atoms. The molecular formula is C12H24O2. The number of rotatable bonds is 9. The minimum Gasteiger partial charge on any atom is -0.468 e. The van der Waals surface area contributed by atoms with Crippen LogP contribution in [0, 0.1) is 11.8 Å². The van der Waals surface area contributed by atoms with Crippen molar-refractivity contribution in [3.63, 3.8) is 0 Å². The average Bonchev–Trinajstić information content (AvgIpc) is 2.22. The van der Waals surface area contributed by atoms with Crippen molar-refractivity contribution in [2.24, 2.45) is 11.8 Å². The van der Waals surface area contributed by atoms with E-state index in [1.165, 1.54) is 25.7 Å². The molecule has 0 aromatic rings. The second kappa shape index (κ2) is 9.04. The summed E-state index contributed by atoms with van der Waals surface area (Å²) in [5.74, 6) is 1.36. The average molecular weight is 200 g/mol. The van der Waals surface area contributed by atoms with Gasteiger partial charge in [-0.15, -0.1) is 0 Å². The lowest BCUT2D eigenvalue weighted by Crippen LogP contribution is -2.13. The highest BCUT2D eigenvalue weighted by atomic mass is 16.5. The normalized spacial score (nSPS) is 14.8. The molecule has 0 fully saturated rings. The molecule has 2 nitrogen and oxygen atoms in total. The van der Waals surface area contributed by atoms with Gasteiger partial charge in [0, 0.05) is 0 Å². The molecule has 0 rings (SSSR count). The smallest absolute Gasteiger partial charge is 0.293 e. The summed E-state index contributed by atoms with van der Waals surface area (Å²) in [6, 6.07) is 0. The molecular weight excluding hydrogens is 176 g/mol. The first-order valence-electron chi connectivity index (χ1n) is 5.83. The van der Waals surface area contributed by atoms with Crippen LogP contribution in [0.2, 0.25) is 0 Å². The van der Waals surface area contributed by atoms with E-state index in [4.69, 9.17) is 4.74 Å². The van der Waals surface area contributed by atoms with Gasteiger partial charge in [-0.1, -0.05) is 46.5 Å². The van der Waals surface area contributed by atoms with Gasteiger partial charge in [-0.2, -0.15) is 0 Å². The fourth-order valence-corrected chi connectivity index (χ4v) is 1.90. The Kier molecular flexibility index (Phi) is 8.70. The first-order valence-corrected chi connectivity index (χ1v) is 5.83. The van der Waals surface area contributed by atoms with Crippen LogP contribution in [-0.2, 0) is 9.53 Å². The summed E-state index contributed by atoms with van der Waals surface area (Å²) in [5.41, 5.74) is 0. The molecule has 0 amide bonds. The van der Waals surface area contributed by atoms with Crippen LogP contribution in [0.15, 0.2) is 0 Å². The highest BCUT2D eigenvalue weighted by molar-refractivity contribution is 5.36. The maximum atomic E-state index is 10.1. The fraction of sp³-hybridized carbons (Fsp3) is 0.917. The zero-order valence-corrected chi connectivity index (χ0v) is 9.79. The Balaban J connectivity index is 3.80. The first kappa shape index (κ1) is 13.5. The lowest BCUT2D eigenvalue weighted by molar-refractivity contribution is -0.130. The number of hydrogen-bond acceptors (Lipinski definition) is 2. The van der Waals surface area contributed by atoms with E-state index in [9.17, 15) is 4.79 Å². The van der Waals surface area contributed by atoms with Gasteiger partial charge >= 0.3 is 0 Å². The first-order chi connectivity index (χ1) is 6.78. The van der Waals surface area contributed by atoms with Crippen LogP contribution in [0.5, 0.6) is 0 Å². The zero-order chi connectivity index (χ0) is 10.8. The van der Waals surface area contributed by atoms with Gasteiger partial charge in [-0.05, 0) is 18.3 Å². The van der Waals surface area contributed by atoms with Gasteiger partial charge in [0.25, 0.3) is 6.47 Å². The summed E-state index contributed by atoms with van der Waals surface area (Å²) in [5, 5.41) is 0. The van der Waals surface area contributed by atoms with Crippen LogP contribution in [0.25, 0.3) is 0 Å². The van der Waals surface area contributed by atoms with Gasteiger partial charge < -0.3 is 4.74 Å². The van der Waals surface area contributed by atoms with Crippen molar-refractivity contribution in [3.05, 3.63) is 0 Å². The quantitative estimate of drug-likeness (QED) is 0.533. The van der Waals surface area contributed by atoms with Crippen molar-refractivity contribution in [2.45, 2.75) is 52.9 Å². The third kappa shape index (κ3) is 6.01. The topological polar surface area (TPSA) is 26.3 Å². The molecule has 2 atom stereocenters. The summed E-state index contributed by atoms with van der Waals surface area (Å²) in [4.78, 5) is 10.1. The molecule has 0 aromatic heterocycles. The zero-order valence-electron chi connectivity index (χ0n) is 9.79. The third-order valence-electron chi connectivity index (χ3n) is 2.92. The van der Waals surface area contributed by atoms with Gasteiger partial charge in [0.1, 0.15) is 0 Å². The van der Waals surface area contributed by atoms with Gasteiger partial charge in [0.15, 0.2) is 0 Å². The van der Waals surface area contributed by atoms with Crippen LogP contribution in [0.1, 0.15) is 52.9 Å². The lowest BCUT2D eigenvalue weighted by atomic mass is 9.88. The molecule has 0 aliphatic heterocycles. The van der Waals surface area contributed by atoms with Crippen molar-refractivity contribution in [3.8, 4) is 0 Å². The van der Waals surface area contributed by atoms with E-state index < -0.39 is 0 Å². The number of carbonyl (C=O) groups excluding carboxylic acids is 1. The molecule has 2 unspecified atom stereocenters. The van der Waals surface area contributed by atoms with Crippen molar-refractivity contribution in [1.29, 1.82) is 0 Å². The monoisotopic (exact) mass is 200 g/mol. The van der Waals surface area contributed by atoms with Crippen molar-refractivity contribution >= 4 is 6.47 Å². The Morgan fingerprint density at radius 2 is 1.79 bits per heavy atom. The van der Waals surface area contributed by atoms with Crippen LogP contribution in [0.3, 0.4) is 0 Å². The van der Waals surface area contributed by atoms with Gasteiger partial charge in [0.2, 0.25) is 0 Å². The molecule has 0 radical (unpaired) electrons. The summed E-state index contributed by atoms with van der Waals surface area (Å²) < 4.78 is 4.83. The Bertz CT molecular complexity index is 134. The maximum Gasteiger partial charge on any atom is 0.293 e. The van der Waals surface area contributed by atoms with E-state index in [1.807, 2.05) is 0 Å². The Morgan fingerprint density at radius 1 is 1.14 bits per heavy atom. The second-order valence-electron chi connectivity index (χ2n) is 4.00. The summed E-state index contributed by atoms with van der Waals surface area (Å²) in [6.45, 7) is 7.79. The number of ether oxygens (including phenoxy) is 1. The van der Waals surface area contributed by atoms with Crippen molar-refractivity contribution < 1.29 is 9.53 Å². The van der Waals surface area contributed by atoms with E-state index in [1.54, 1.807) is 0 Å². The molecule has 2 heteroatoms. The van der Waals surface area contributed by atoms with Crippen molar-refractivity contribution in [1.82, 2.24) is 0 Å². The lowest BCUT2D eigenvalue weighted by Gasteiger charge is -2.20. The minimum absolute atomic E-state index is 0.552. The van der Waals surface area contributed by atoms with Crippen LogP contribution in [-0.4, -0.2) is 13.1 Å². The third-order valence-corrected chi connectivity index (χ3v) is 2.92. The highest BCUT2D eigenvalue weighted by Crippen LogP contribution is 2.22. The van der Waals surface area contributed by atoms with Gasteiger partial charge in [0.05, 0.1) is 6.61 Å². The minimum atomic E-state index is 0.552. The van der Waals surface area contributed by atoms with E-state index in [0.717, 1.165) is 12.3 Å². The largest absolute Gasteiger partial charge is 0.468 e. The van der Waals surface area contributed by atoms with Crippen LogP contribution >= 0.6 is 0 Å². The molecule has 84 valence electrons. The van der Waals surface area contributed by atoms with E-state index in [-0.39, 0.29) is 0 Å². The summed E-state index contributed by atoms with van der Waals surface area (Å²) in [6.07, 6.45) is 6.10. The molecule has 0 bridgehead atoms. The summed E-state index contributed by atoms with van der Waals surface area (Å²) in [7, 11) is 0. The van der Waals surface area contributed by atoms with Gasteiger partial charge in [-0.3, -0.25) is 4.79 Å². The van der Waals surface area contributed by atoms with Crippen LogP contribution in [0.4, 0.5) is 0 Å². The SMILES string of the molecule is CCCC(CC)CC(CC)COC=O. The Hall–Kier alpha value is -0.530. The molecule has 0 aliphatic carbocycles. The molecule has 0 saturated carbocycles. The predicted molar refractivity (Wildman–Crippen MR) is 59.1 cm³/mol. The van der Waals surface area contributed by atoms with E-state index in [2.05, 4.69) is 20.8 Å². The molecule has 0 spiro atoms. The molecule has 0 saturated heterocycles. The number of carbonyl (C=O) groups is 1. The fourth-order valence-electron chi connectivity index (χ4n) is 1.90. The maximum absolute atomic E-state index is 10.1. The Labute approximate surface area is 88.0 Å². The standard InChI is InChI=1S/C12H24O2/c1-4-7-11(5-2)8-12(6-3)9-14-10-13/h10-12H,4-9H2,1-3H3. The predicted octanol–water partition coefficient (Wildman–Crippen LogP) is 3.40. The second-order valence-corrected chi connectivity index (χ2v) is 4.00. The molecule has 0 heterocycles. The molecule has 0 aliphatic rings. The van der Waals surface area contributed by atoms with Crippen LogP contribution < -0.4 is 0 Å².